The fourth-order valence-corrected chi connectivity index (χ4v) is 2.51. The lowest BCUT2D eigenvalue weighted by Crippen LogP contribution is -2.13. The minimum Gasteiger partial charge on any atom is -0.493 e. The van der Waals surface area contributed by atoms with Gasteiger partial charge in [-0.1, -0.05) is 17.3 Å². The second-order valence-electron chi connectivity index (χ2n) is 4.91. The van der Waals surface area contributed by atoms with Crippen LogP contribution in [0.2, 0.25) is 0 Å². The van der Waals surface area contributed by atoms with Crippen molar-refractivity contribution in [3.63, 3.8) is 0 Å². The lowest BCUT2D eigenvalue weighted by molar-refractivity contribution is 0.0689. The number of carboxylic acid groups (broad SMARTS) is 1. The van der Waals surface area contributed by atoms with Crippen molar-refractivity contribution in [1.29, 1.82) is 0 Å². The van der Waals surface area contributed by atoms with Crippen LogP contribution in [0.5, 0.6) is 5.75 Å². The zero-order valence-corrected chi connectivity index (χ0v) is 11.5. The molecule has 1 aromatic carbocycles. The van der Waals surface area contributed by atoms with Crippen LogP contribution in [0.3, 0.4) is 0 Å². The fourth-order valence-electron chi connectivity index (χ4n) is 2.51. The van der Waals surface area contributed by atoms with Gasteiger partial charge < -0.3 is 15.6 Å². The molecule has 0 saturated carbocycles. The lowest BCUT2D eigenvalue weighted by Gasteiger charge is -2.06. The van der Waals surface area contributed by atoms with Gasteiger partial charge in [-0.25, -0.2) is 9.48 Å². The average molecular weight is 288 g/mol. The summed E-state index contributed by atoms with van der Waals surface area (Å²) >= 11 is 0. The summed E-state index contributed by atoms with van der Waals surface area (Å²) in [7, 11) is 0. The van der Waals surface area contributed by atoms with Crippen LogP contribution in [-0.2, 0) is 25.9 Å². The van der Waals surface area contributed by atoms with Crippen molar-refractivity contribution in [3.8, 4) is 5.75 Å². The van der Waals surface area contributed by atoms with Gasteiger partial charge in [0.2, 0.25) is 0 Å². The molecule has 3 N–H and O–H groups in total. The number of carboxylic acids is 1. The SMILES string of the molecule is NCc1c(C(=O)O)nnn1CCc1ccc2c(c1)CCO2. The van der Waals surface area contributed by atoms with Crippen LogP contribution in [0, 0.1) is 0 Å². The molecule has 3 rings (SSSR count). The molecule has 0 bridgehead atoms. The topological polar surface area (TPSA) is 103 Å². The molecule has 7 nitrogen and oxygen atoms in total. The molecule has 1 aromatic heterocycles. The van der Waals surface area contributed by atoms with Crippen molar-refractivity contribution in [2.75, 3.05) is 6.61 Å². The fraction of sp³-hybridized carbons (Fsp3) is 0.357. The van der Waals surface area contributed by atoms with E-state index in [2.05, 4.69) is 16.4 Å². The van der Waals surface area contributed by atoms with Crippen molar-refractivity contribution < 1.29 is 14.6 Å². The van der Waals surface area contributed by atoms with Crippen molar-refractivity contribution in [1.82, 2.24) is 15.0 Å². The molecule has 0 radical (unpaired) electrons. The summed E-state index contributed by atoms with van der Waals surface area (Å²) in [5.41, 5.74) is 8.36. The number of benzene rings is 1. The minimum absolute atomic E-state index is 0.0696. The smallest absolute Gasteiger partial charge is 0.358 e. The Labute approximate surface area is 121 Å². The Morgan fingerprint density at radius 1 is 1.48 bits per heavy atom. The first kappa shape index (κ1) is 13.6. The summed E-state index contributed by atoms with van der Waals surface area (Å²) in [6.45, 7) is 1.39. The summed E-state index contributed by atoms with van der Waals surface area (Å²) in [4.78, 5) is 11.0. The zero-order chi connectivity index (χ0) is 14.8. The number of fused-ring (bicyclic) bond motifs is 1. The second-order valence-corrected chi connectivity index (χ2v) is 4.91. The highest BCUT2D eigenvalue weighted by atomic mass is 16.5. The van der Waals surface area contributed by atoms with Crippen molar-refractivity contribution in [2.45, 2.75) is 25.9 Å². The molecule has 1 aliphatic heterocycles. The molecule has 0 unspecified atom stereocenters. The number of ether oxygens (including phenoxy) is 1. The molecule has 0 saturated heterocycles. The highest BCUT2D eigenvalue weighted by Gasteiger charge is 2.18. The molecule has 0 spiro atoms. The van der Waals surface area contributed by atoms with Crippen LogP contribution in [0.15, 0.2) is 18.2 Å². The Morgan fingerprint density at radius 3 is 3.10 bits per heavy atom. The summed E-state index contributed by atoms with van der Waals surface area (Å²) in [6.07, 6.45) is 1.67. The summed E-state index contributed by atoms with van der Waals surface area (Å²) in [5.74, 6) is -0.147. The predicted octanol–water partition coefficient (Wildman–Crippen LogP) is 0.613. The summed E-state index contributed by atoms with van der Waals surface area (Å²) < 4.78 is 7.04. The van der Waals surface area contributed by atoms with E-state index in [0.717, 1.165) is 30.8 Å². The van der Waals surface area contributed by atoms with Crippen LogP contribution in [-0.4, -0.2) is 32.7 Å². The van der Waals surface area contributed by atoms with E-state index in [4.69, 9.17) is 15.6 Å². The number of aromatic carboxylic acids is 1. The molecule has 1 aliphatic rings. The summed E-state index contributed by atoms with van der Waals surface area (Å²) in [5, 5.41) is 16.6. The number of aromatic nitrogens is 3. The molecular formula is C14H16N4O3. The Bertz CT molecular complexity index is 681. The third kappa shape index (κ3) is 2.59. The third-order valence-corrected chi connectivity index (χ3v) is 3.60. The quantitative estimate of drug-likeness (QED) is 0.835. The second kappa shape index (κ2) is 5.53. The molecule has 0 amide bonds. The maximum absolute atomic E-state index is 11.0. The Kier molecular flexibility index (Phi) is 3.57. The number of hydrogen-bond donors (Lipinski definition) is 2. The lowest BCUT2D eigenvalue weighted by atomic mass is 10.1. The molecule has 2 aromatic rings. The molecule has 110 valence electrons. The zero-order valence-electron chi connectivity index (χ0n) is 11.5. The summed E-state index contributed by atoms with van der Waals surface area (Å²) in [6, 6.07) is 6.12. The highest BCUT2D eigenvalue weighted by molar-refractivity contribution is 5.86. The third-order valence-electron chi connectivity index (χ3n) is 3.60. The molecular weight excluding hydrogens is 272 g/mol. The molecule has 0 fully saturated rings. The van der Waals surface area contributed by atoms with E-state index in [-0.39, 0.29) is 12.2 Å². The largest absolute Gasteiger partial charge is 0.493 e. The van der Waals surface area contributed by atoms with Crippen molar-refractivity contribution in [2.24, 2.45) is 5.73 Å². The van der Waals surface area contributed by atoms with Crippen LogP contribution >= 0.6 is 0 Å². The van der Waals surface area contributed by atoms with Gasteiger partial charge in [0.05, 0.1) is 12.3 Å². The predicted molar refractivity (Wildman–Crippen MR) is 74.2 cm³/mol. The number of hydrogen-bond acceptors (Lipinski definition) is 5. The maximum atomic E-state index is 11.0. The minimum atomic E-state index is -1.10. The van der Waals surface area contributed by atoms with Gasteiger partial charge in [-0.3, -0.25) is 0 Å². The Balaban J connectivity index is 1.74. The molecule has 7 heteroatoms. The van der Waals surface area contributed by atoms with Crippen LogP contribution in [0.4, 0.5) is 0 Å². The van der Waals surface area contributed by atoms with E-state index in [1.165, 1.54) is 5.56 Å². The molecule has 0 aliphatic carbocycles. The van der Waals surface area contributed by atoms with E-state index < -0.39 is 5.97 Å². The normalized spacial score (nSPS) is 13.0. The molecule has 0 atom stereocenters. The molecule has 2 heterocycles. The first-order chi connectivity index (χ1) is 10.2. The van der Waals surface area contributed by atoms with Gasteiger partial charge in [-0.15, -0.1) is 5.10 Å². The van der Waals surface area contributed by atoms with E-state index in [1.54, 1.807) is 4.68 Å². The van der Waals surface area contributed by atoms with Crippen LogP contribution < -0.4 is 10.5 Å². The van der Waals surface area contributed by atoms with E-state index in [9.17, 15) is 4.79 Å². The number of aryl methyl sites for hydroxylation is 2. The Hall–Kier alpha value is -2.41. The molecule has 21 heavy (non-hydrogen) atoms. The van der Waals surface area contributed by atoms with Crippen LogP contribution in [0.1, 0.15) is 27.3 Å². The van der Waals surface area contributed by atoms with Gasteiger partial charge in [0.25, 0.3) is 0 Å². The van der Waals surface area contributed by atoms with Crippen LogP contribution in [0.25, 0.3) is 0 Å². The van der Waals surface area contributed by atoms with Gasteiger partial charge in [0, 0.05) is 19.5 Å². The first-order valence-corrected chi connectivity index (χ1v) is 6.79. The van der Waals surface area contributed by atoms with E-state index in [1.807, 2.05) is 12.1 Å². The van der Waals surface area contributed by atoms with Crippen molar-refractivity contribution in [3.05, 3.63) is 40.7 Å². The van der Waals surface area contributed by atoms with Gasteiger partial charge in [-0.2, -0.15) is 0 Å². The van der Waals surface area contributed by atoms with Crippen molar-refractivity contribution >= 4 is 5.97 Å². The number of nitrogens with two attached hydrogens (primary N) is 1. The monoisotopic (exact) mass is 288 g/mol. The van der Waals surface area contributed by atoms with E-state index in [0.29, 0.717) is 12.2 Å². The number of carbonyl (C=O) groups is 1. The maximum Gasteiger partial charge on any atom is 0.358 e. The number of nitrogens with zero attached hydrogens (tertiary/aromatic N) is 3. The Morgan fingerprint density at radius 2 is 2.33 bits per heavy atom. The van der Waals surface area contributed by atoms with Gasteiger partial charge >= 0.3 is 5.97 Å². The highest BCUT2D eigenvalue weighted by Crippen LogP contribution is 2.26. The van der Waals surface area contributed by atoms with Gasteiger partial charge in [0.15, 0.2) is 5.69 Å². The van der Waals surface area contributed by atoms with E-state index >= 15 is 0 Å². The van der Waals surface area contributed by atoms with Gasteiger partial charge in [0.1, 0.15) is 5.75 Å². The average Bonchev–Trinajstić information content (AvgIpc) is 3.10. The first-order valence-electron chi connectivity index (χ1n) is 6.79. The van der Waals surface area contributed by atoms with Gasteiger partial charge in [-0.05, 0) is 23.6 Å². The standard InChI is InChI=1S/C14H16N4O3/c15-8-11-13(14(19)20)16-17-18(11)5-3-9-1-2-12-10(7-9)4-6-21-12/h1-2,7H,3-6,8,15H2,(H,19,20). The number of rotatable bonds is 5.